The Morgan fingerprint density at radius 3 is 2.30 bits per heavy atom. The largest absolute Gasteiger partial charge is 0.481 e. The average Bonchev–Trinajstić information content (AvgIpc) is 3.04. The lowest BCUT2D eigenvalue weighted by atomic mass is 9.44. The highest BCUT2D eigenvalue weighted by Crippen LogP contribution is 2.68. The monoisotopic (exact) mass is 416 g/mol. The number of rotatable bonds is 6. The van der Waals surface area contributed by atoms with Gasteiger partial charge in [-0.25, -0.2) is 0 Å². The van der Waals surface area contributed by atoms with E-state index in [0.717, 1.165) is 54.8 Å². The van der Waals surface area contributed by atoms with Gasteiger partial charge >= 0.3 is 5.97 Å². The highest BCUT2D eigenvalue weighted by atomic mass is 16.4. The fourth-order valence-corrected chi connectivity index (χ4v) is 9.51. The summed E-state index contributed by atoms with van der Waals surface area (Å²) in [6.07, 6.45) is 15.7. The third-order valence-corrected chi connectivity index (χ3v) is 11.2. The van der Waals surface area contributed by atoms with Crippen LogP contribution in [0.4, 0.5) is 0 Å². The maximum atomic E-state index is 11.6. The van der Waals surface area contributed by atoms with E-state index in [1.165, 1.54) is 57.8 Å². The molecule has 4 aliphatic rings. The van der Waals surface area contributed by atoms with Gasteiger partial charge in [0.2, 0.25) is 0 Å². The van der Waals surface area contributed by atoms with Crippen LogP contribution in [0.25, 0.3) is 0 Å². The van der Waals surface area contributed by atoms with Crippen molar-refractivity contribution >= 4 is 5.97 Å². The van der Waals surface area contributed by atoms with E-state index >= 15 is 0 Å². The first kappa shape index (κ1) is 22.7. The van der Waals surface area contributed by atoms with E-state index < -0.39 is 5.97 Å². The third-order valence-electron chi connectivity index (χ3n) is 11.2. The molecule has 0 aromatic carbocycles. The summed E-state index contributed by atoms with van der Waals surface area (Å²) < 4.78 is 0. The second-order valence-electron chi connectivity index (χ2n) is 13.0. The first-order chi connectivity index (χ1) is 14.2. The lowest BCUT2D eigenvalue weighted by Gasteiger charge is -2.61. The molecule has 0 radical (unpaired) electrons. The number of hydrogen-bond donors (Lipinski definition) is 1. The van der Waals surface area contributed by atoms with Crippen LogP contribution in [0.5, 0.6) is 0 Å². The number of carbonyl (C=O) groups is 1. The molecule has 2 unspecified atom stereocenters. The maximum absolute atomic E-state index is 11.6. The van der Waals surface area contributed by atoms with Gasteiger partial charge in [0, 0.05) is 0 Å². The van der Waals surface area contributed by atoms with E-state index in [2.05, 4.69) is 34.6 Å². The van der Waals surface area contributed by atoms with Crippen molar-refractivity contribution < 1.29 is 9.90 Å². The van der Waals surface area contributed by atoms with Crippen molar-refractivity contribution in [3.8, 4) is 0 Å². The Morgan fingerprint density at radius 1 is 0.900 bits per heavy atom. The number of carboxylic acids is 1. The molecule has 0 bridgehead atoms. The lowest BCUT2D eigenvalue weighted by molar-refractivity contribution is -0.152. The Kier molecular flexibility index (Phi) is 6.37. The van der Waals surface area contributed by atoms with Crippen molar-refractivity contribution in [1.29, 1.82) is 0 Å². The lowest BCUT2D eigenvalue weighted by Crippen LogP contribution is -2.54. The van der Waals surface area contributed by atoms with Crippen molar-refractivity contribution in [1.82, 2.24) is 0 Å². The molecule has 0 amide bonds. The zero-order valence-corrected chi connectivity index (χ0v) is 20.5. The van der Waals surface area contributed by atoms with Gasteiger partial charge in [-0.3, -0.25) is 4.79 Å². The van der Waals surface area contributed by atoms with Crippen LogP contribution in [0.2, 0.25) is 0 Å². The highest BCUT2D eigenvalue weighted by Gasteiger charge is 2.60. The summed E-state index contributed by atoms with van der Waals surface area (Å²) in [5, 5.41) is 9.57. The van der Waals surface area contributed by atoms with Crippen LogP contribution < -0.4 is 0 Å². The summed E-state index contributed by atoms with van der Waals surface area (Å²) in [6.45, 7) is 12.5. The zero-order valence-electron chi connectivity index (χ0n) is 20.5. The Hall–Kier alpha value is -0.530. The van der Waals surface area contributed by atoms with Crippen LogP contribution in [0.3, 0.4) is 0 Å². The highest BCUT2D eigenvalue weighted by molar-refractivity contribution is 5.70. The van der Waals surface area contributed by atoms with E-state index in [-0.39, 0.29) is 5.92 Å². The topological polar surface area (TPSA) is 37.3 Å². The van der Waals surface area contributed by atoms with E-state index in [9.17, 15) is 9.90 Å². The average molecular weight is 417 g/mol. The van der Waals surface area contributed by atoms with Crippen molar-refractivity contribution in [2.24, 2.45) is 58.2 Å². The van der Waals surface area contributed by atoms with Crippen LogP contribution in [-0.4, -0.2) is 11.1 Å². The Labute approximate surface area is 186 Å². The van der Waals surface area contributed by atoms with Crippen molar-refractivity contribution in [2.45, 2.75) is 112 Å². The quantitative estimate of drug-likeness (QED) is 0.479. The molecule has 172 valence electrons. The minimum absolute atomic E-state index is 0.0731. The molecule has 2 nitrogen and oxygen atoms in total. The van der Waals surface area contributed by atoms with Gasteiger partial charge in [0.1, 0.15) is 0 Å². The second kappa shape index (κ2) is 8.43. The Morgan fingerprint density at radius 2 is 1.60 bits per heavy atom. The van der Waals surface area contributed by atoms with Gasteiger partial charge < -0.3 is 5.11 Å². The molecular formula is C28H48O2. The first-order valence-corrected chi connectivity index (χ1v) is 13.4. The van der Waals surface area contributed by atoms with Crippen LogP contribution in [-0.2, 0) is 4.79 Å². The standard InChI is InChI=1S/C28H48O2/c1-18(2)7-6-8-19(3)23-11-12-24-22-10-9-21-17-20(26(29)30)13-15-27(21,4)25(22)14-16-28(23,24)5/h18-25H,6-17H2,1-5H3,(H,29,30)/t19-,20?,21?,22+,23-,24+,25+,27+,28-/m1/s1. The van der Waals surface area contributed by atoms with Gasteiger partial charge in [0.05, 0.1) is 5.92 Å². The molecule has 4 aliphatic carbocycles. The molecule has 0 aliphatic heterocycles. The van der Waals surface area contributed by atoms with Gasteiger partial charge in [0.15, 0.2) is 0 Å². The Balaban J connectivity index is 1.45. The molecule has 0 aromatic rings. The number of carboxylic acid groups (broad SMARTS) is 1. The zero-order chi connectivity index (χ0) is 21.7. The summed E-state index contributed by atoms with van der Waals surface area (Å²) in [7, 11) is 0. The smallest absolute Gasteiger partial charge is 0.306 e. The number of aliphatic carboxylic acids is 1. The van der Waals surface area contributed by atoms with Gasteiger partial charge in [-0.2, -0.15) is 0 Å². The van der Waals surface area contributed by atoms with Crippen LogP contribution >= 0.6 is 0 Å². The molecule has 0 spiro atoms. The molecule has 9 atom stereocenters. The molecule has 4 rings (SSSR count). The van der Waals surface area contributed by atoms with Crippen molar-refractivity contribution in [2.75, 3.05) is 0 Å². The number of hydrogen-bond acceptors (Lipinski definition) is 1. The molecule has 1 N–H and O–H groups in total. The molecule has 0 heterocycles. The van der Waals surface area contributed by atoms with Gasteiger partial charge in [-0.05, 0) is 110 Å². The van der Waals surface area contributed by atoms with Gasteiger partial charge in [-0.1, -0.05) is 53.9 Å². The van der Waals surface area contributed by atoms with E-state index in [1.807, 2.05) is 0 Å². The summed E-state index contributed by atoms with van der Waals surface area (Å²) in [4.78, 5) is 11.6. The minimum atomic E-state index is -0.541. The fraction of sp³-hybridized carbons (Fsp3) is 0.964. The summed E-state index contributed by atoms with van der Waals surface area (Å²) in [6, 6.07) is 0. The predicted octanol–water partition coefficient (Wildman–Crippen LogP) is 7.81. The maximum Gasteiger partial charge on any atom is 0.306 e. The first-order valence-electron chi connectivity index (χ1n) is 13.4. The summed E-state index contributed by atoms with van der Waals surface area (Å²) in [5.41, 5.74) is 0.983. The predicted molar refractivity (Wildman–Crippen MR) is 124 cm³/mol. The molecular weight excluding hydrogens is 368 g/mol. The van der Waals surface area contributed by atoms with Crippen molar-refractivity contribution in [3.63, 3.8) is 0 Å². The second-order valence-corrected chi connectivity index (χ2v) is 13.0. The molecule has 0 saturated heterocycles. The third kappa shape index (κ3) is 3.77. The Bertz CT molecular complexity index is 626. The minimum Gasteiger partial charge on any atom is -0.481 e. The van der Waals surface area contributed by atoms with Crippen LogP contribution in [0.1, 0.15) is 112 Å². The SMILES string of the molecule is CC(C)CCC[C@@H](C)[C@H]1CC[C@H]2[C@@H]3CCC4CC(C(=O)O)CC[C@]4(C)[C@H]3CC[C@]12C. The fourth-order valence-electron chi connectivity index (χ4n) is 9.51. The molecule has 4 saturated carbocycles. The molecule has 0 aromatic heterocycles. The van der Waals surface area contributed by atoms with E-state index in [4.69, 9.17) is 0 Å². The van der Waals surface area contributed by atoms with Gasteiger partial charge in [-0.15, -0.1) is 0 Å². The summed E-state index contributed by atoms with van der Waals surface area (Å²) in [5.74, 6) is 5.41. The van der Waals surface area contributed by atoms with E-state index in [0.29, 0.717) is 16.7 Å². The van der Waals surface area contributed by atoms with E-state index in [1.54, 1.807) is 0 Å². The molecule has 4 fully saturated rings. The molecule has 2 heteroatoms. The van der Waals surface area contributed by atoms with Gasteiger partial charge in [0.25, 0.3) is 0 Å². The number of fused-ring (bicyclic) bond motifs is 5. The van der Waals surface area contributed by atoms with Crippen LogP contribution in [0, 0.1) is 58.2 Å². The summed E-state index contributed by atoms with van der Waals surface area (Å²) >= 11 is 0. The normalized spacial score (nSPS) is 46.7. The molecule has 30 heavy (non-hydrogen) atoms. The van der Waals surface area contributed by atoms with Crippen LogP contribution in [0.15, 0.2) is 0 Å². The van der Waals surface area contributed by atoms with Crippen molar-refractivity contribution in [3.05, 3.63) is 0 Å².